The van der Waals surface area contributed by atoms with Crippen LogP contribution >= 0.6 is 0 Å². The summed E-state index contributed by atoms with van der Waals surface area (Å²) in [5.41, 5.74) is 1.23. The third kappa shape index (κ3) is 4.10. The van der Waals surface area contributed by atoms with Crippen LogP contribution in [0, 0.1) is 0 Å². The molecule has 0 spiro atoms. The average molecular weight is 318 g/mol. The van der Waals surface area contributed by atoms with E-state index in [1.807, 2.05) is 32.6 Å². The third-order valence-electron chi connectivity index (χ3n) is 4.02. The lowest BCUT2D eigenvalue weighted by Gasteiger charge is -2.31. The Bertz CT molecular complexity index is 538. The van der Waals surface area contributed by atoms with Crippen LogP contribution in [-0.2, 0) is 4.74 Å². The Morgan fingerprint density at radius 1 is 0.957 bits per heavy atom. The number of benzene rings is 1. The highest BCUT2D eigenvalue weighted by Gasteiger charge is 2.23. The van der Waals surface area contributed by atoms with Crippen molar-refractivity contribution in [2.45, 2.75) is 39.8 Å². The number of amides is 2. The molecule has 5 heteroatoms. The molecule has 0 radical (unpaired) electrons. The van der Waals surface area contributed by atoms with Crippen LogP contribution < -0.4 is 0 Å². The highest BCUT2D eigenvalue weighted by atomic mass is 16.5. The van der Waals surface area contributed by atoms with E-state index in [2.05, 4.69) is 0 Å². The molecule has 2 rings (SSSR count). The van der Waals surface area contributed by atoms with Gasteiger partial charge in [-0.2, -0.15) is 0 Å². The van der Waals surface area contributed by atoms with Crippen molar-refractivity contribution in [3.63, 3.8) is 0 Å². The van der Waals surface area contributed by atoms with Crippen molar-refractivity contribution in [1.29, 1.82) is 0 Å². The normalized spacial score (nSPS) is 15.1. The highest BCUT2D eigenvalue weighted by Crippen LogP contribution is 2.14. The predicted octanol–water partition coefficient (Wildman–Crippen LogP) is 2.42. The molecule has 0 N–H and O–H groups in total. The lowest BCUT2D eigenvalue weighted by molar-refractivity contribution is 0.0302. The van der Waals surface area contributed by atoms with Crippen molar-refractivity contribution in [2.75, 3.05) is 26.3 Å². The van der Waals surface area contributed by atoms with Gasteiger partial charge in [0, 0.05) is 36.3 Å². The fraction of sp³-hybridized carbons (Fsp3) is 0.556. The van der Waals surface area contributed by atoms with E-state index in [-0.39, 0.29) is 23.9 Å². The number of carbonyl (C=O) groups excluding carboxylic acids is 2. The summed E-state index contributed by atoms with van der Waals surface area (Å²) in [5, 5.41) is 0. The summed E-state index contributed by atoms with van der Waals surface area (Å²) in [6.07, 6.45) is 0. The summed E-state index contributed by atoms with van der Waals surface area (Å²) >= 11 is 0. The van der Waals surface area contributed by atoms with Gasteiger partial charge in [0.15, 0.2) is 0 Å². The predicted molar refractivity (Wildman–Crippen MR) is 89.6 cm³/mol. The lowest BCUT2D eigenvalue weighted by Crippen LogP contribution is -2.42. The van der Waals surface area contributed by atoms with Crippen molar-refractivity contribution >= 4 is 11.8 Å². The van der Waals surface area contributed by atoms with Crippen molar-refractivity contribution in [3.8, 4) is 0 Å². The molecule has 0 aromatic heterocycles. The Morgan fingerprint density at radius 3 is 1.91 bits per heavy atom. The molecule has 2 amide bonds. The smallest absolute Gasteiger partial charge is 0.254 e. The topological polar surface area (TPSA) is 49.9 Å². The molecule has 1 fully saturated rings. The Morgan fingerprint density at radius 2 is 1.43 bits per heavy atom. The van der Waals surface area contributed by atoms with Gasteiger partial charge in [-0.05, 0) is 52.0 Å². The fourth-order valence-electron chi connectivity index (χ4n) is 2.92. The van der Waals surface area contributed by atoms with Crippen LogP contribution in [0.2, 0.25) is 0 Å². The molecule has 0 atom stereocenters. The Hall–Kier alpha value is -1.88. The minimum Gasteiger partial charge on any atom is -0.378 e. The van der Waals surface area contributed by atoms with Gasteiger partial charge in [-0.15, -0.1) is 0 Å². The van der Waals surface area contributed by atoms with Crippen LogP contribution in [0.5, 0.6) is 0 Å². The second-order valence-electron chi connectivity index (χ2n) is 6.38. The molecule has 0 bridgehead atoms. The SMILES string of the molecule is CC(C)N(C(=O)c1ccc(C(=O)N2CCOCC2)cc1)C(C)C. The van der Waals surface area contributed by atoms with Gasteiger partial charge in [-0.1, -0.05) is 0 Å². The third-order valence-corrected chi connectivity index (χ3v) is 4.02. The first-order valence-corrected chi connectivity index (χ1v) is 8.21. The molecular formula is C18H26N2O3. The van der Waals surface area contributed by atoms with Crippen LogP contribution in [0.25, 0.3) is 0 Å². The number of morpholine rings is 1. The number of nitrogens with zero attached hydrogens (tertiary/aromatic N) is 2. The Kier molecular flexibility index (Phi) is 5.77. The molecule has 1 aliphatic heterocycles. The van der Waals surface area contributed by atoms with E-state index in [1.165, 1.54) is 0 Å². The monoisotopic (exact) mass is 318 g/mol. The van der Waals surface area contributed by atoms with Crippen LogP contribution in [0.15, 0.2) is 24.3 Å². The van der Waals surface area contributed by atoms with E-state index in [9.17, 15) is 9.59 Å². The van der Waals surface area contributed by atoms with Gasteiger partial charge in [-0.25, -0.2) is 0 Å². The fourth-order valence-corrected chi connectivity index (χ4v) is 2.92. The van der Waals surface area contributed by atoms with Crippen molar-refractivity contribution < 1.29 is 14.3 Å². The summed E-state index contributed by atoms with van der Waals surface area (Å²) in [4.78, 5) is 28.7. The molecule has 0 unspecified atom stereocenters. The van der Waals surface area contributed by atoms with Crippen molar-refractivity contribution in [2.24, 2.45) is 0 Å². The Balaban J connectivity index is 2.12. The number of hydrogen-bond donors (Lipinski definition) is 0. The molecule has 1 aliphatic rings. The van der Waals surface area contributed by atoms with Gasteiger partial charge < -0.3 is 14.5 Å². The molecule has 1 aromatic carbocycles. The zero-order valence-electron chi connectivity index (χ0n) is 14.4. The van der Waals surface area contributed by atoms with Crippen molar-refractivity contribution in [3.05, 3.63) is 35.4 Å². The molecule has 0 saturated carbocycles. The van der Waals surface area contributed by atoms with E-state index in [1.54, 1.807) is 29.2 Å². The van der Waals surface area contributed by atoms with E-state index in [0.29, 0.717) is 37.4 Å². The number of ether oxygens (including phenoxy) is 1. The zero-order chi connectivity index (χ0) is 17.0. The molecule has 1 aromatic rings. The van der Waals surface area contributed by atoms with Crippen LogP contribution in [0.4, 0.5) is 0 Å². The molecule has 1 heterocycles. The maximum atomic E-state index is 12.6. The minimum atomic E-state index is -0.00289. The standard InChI is InChI=1S/C18H26N2O3/c1-13(2)20(14(3)4)18(22)16-7-5-15(6-8-16)17(21)19-9-11-23-12-10-19/h5-8,13-14H,9-12H2,1-4H3. The number of carbonyl (C=O) groups is 2. The molecule has 5 nitrogen and oxygen atoms in total. The summed E-state index contributed by atoms with van der Waals surface area (Å²) in [6, 6.07) is 7.24. The zero-order valence-corrected chi connectivity index (χ0v) is 14.4. The van der Waals surface area contributed by atoms with Gasteiger partial charge >= 0.3 is 0 Å². The van der Waals surface area contributed by atoms with Crippen LogP contribution in [-0.4, -0.2) is 60.0 Å². The molecule has 126 valence electrons. The summed E-state index contributed by atoms with van der Waals surface area (Å²) in [6.45, 7) is 10.4. The quantitative estimate of drug-likeness (QED) is 0.856. The molecule has 23 heavy (non-hydrogen) atoms. The number of rotatable bonds is 4. The maximum absolute atomic E-state index is 12.6. The lowest BCUT2D eigenvalue weighted by atomic mass is 10.1. The van der Waals surface area contributed by atoms with Crippen LogP contribution in [0.1, 0.15) is 48.4 Å². The second-order valence-corrected chi connectivity index (χ2v) is 6.38. The van der Waals surface area contributed by atoms with Crippen molar-refractivity contribution in [1.82, 2.24) is 9.80 Å². The van der Waals surface area contributed by atoms with E-state index in [4.69, 9.17) is 4.74 Å². The first kappa shape index (κ1) is 17.5. The number of hydrogen-bond acceptors (Lipinski definition) is 3. The molecule has 0 aliphatic carbocycles. The van der Waals surface area contributed by atoms with E-state index >= 15 is 0 Å². The maximum Gasteiger partial charge on any atom is 0.254 e. The largest absolute Gasteiger partial charge is 0.378 e. The van der Waals surface area contributed by atoms with Crippen LogP contribution in [0.3, 0.4) is 0 Å². The molecular weight excluding hydrogens is 292 g/mol. The van der Waals surface area contributed by atoms with Gasteiger partial charge in [0.2, 0.25) is 0 Å². The van der Waals surface area contributed by atoms with Gasteiger partial charge in [-0.3, -0.25) is 9.59 Å². The van der Waals surface area contributed by atoms with Gasteiger partial charge in [0.05, 0.1) is 13.2 Å². The molecule has 1 saturated heterocycles. The second kappa shape index (κ2) is 7.59. The Labute approximate surface area is 138 Å². The summed E-state index contributed by atoms with van der Waals surface area (Å²) in [5.74, 6) is -0.00255. The summed E-state index contributed by atoms with van der Waals surface area (Å²) in [7, 11) is 0. The highest BCUT2D eigenvalue weighted by molar-refractivity contribution is 5.98. The van der Waals surface area contributed by atoms with E-state index < -0.39 is 0 Å². The minimum absolute atomic E-state index is 0.000344. The average Bonchev–Trinajstić information content (AvgIpc) is 2.54. The summed E-state index contributed by atoms with van der Waals surface area (Å²) < 4.78 is 5.26. The van der Waals surface area contributed by atoms with Gasteiger partial charge in [0.25, 0.3) is 11.8 Å². The first-order chi connectivity index (χ1) is 10.9. The first-order valence-electron chi connectivity index (χ1n) is 8.21. The van der Waals surface area contributed by atoms with E-state index in [0.717, 1.165) is 0 Å². The van der Waals surface area contributed by atoms with Gasteiger partial charge in [0.1, 0.15) is 0 Å².